The van der Waals surface area contributed by atoms with E-state index in [2.05, 4.69) is 5.32 Å². The number of hydrogen-bond donors (Lipinski definition) is 4. The van der Waals surface area contributed by atoms with Crippen molar-refractivity contribution >= 4 is 35.3 Å². The smallest absolute Gasteiger partial charge is 0.242 e. The van der Waals surface area contributed by atoms with Crippen LogP contribution in [0.4, 0.5) is 0 Å². The number of thioether (sulfide) groups is 1. The highest BCUT2D eigenvalue weighted by Crippen LogP contribution is 2.37. The molecule has 180 valence electrons. The zero-order valence-corrected chi connectivity index (χ0v) is 18.7. The minimum Gasteiger partial charge on any atom is -0.388 e. The standard InChI is InChI=1S/C19H29N3O9S/c1-9(23)11(20)6-32-12-5-13(25)22(17(12)28)3-4-29-7-19-8-30-18(31-19)14(21-10(2)24)15(26)16(19)27/h11-12,14-16,18,26-27H,3-8,20H2,1-2H3,(H,21,24)/t11-,12?,14-,15+,16+,18-,19-/m0/s1. The molecule has 3 heterocycles. The lowest BCUT2D eigenvalue weighted by atomic mass is 9.88. The Labute approximate surface area is 189 Å². The fraction of sp³-hybridized carbons (Fsp3) is 0.789. The van der Waals surface area contributed by atoms with Gasteiger partial charge in [0.1, 0.15) is 29.6 Å². The van der Waals surface area contributed by atoms with Crippen molar-refractivity contribution in [1.29, 1.82) is 0 Å². The Balaban J connectivity index is 1.47. The number of fused-ring (bicyclic) bond motifs is 2. The molecule has 13 heteroatoms. The maximum atomic E-state index is 12.5. The number of hydrogen-bond acceptors (Lipinski definition) is 11. The first-order valence-corrected chi connectivity index (χ1v) is 11.3. The van der Waals surface area contributed by atoms with Crippen LogP contribution in [-0.4, -0.2) is 112 Å². The van der Waals surface area contributed by atoms with Crippen LogP contribution in [0.25, 0.3) is 0 Å². The van der Waals surface area contributed by atoms with Gasteiger partial charge in [-0.15, -0.1) is 11.8 Å². The lowest BCUT2D eigenvalue weighted by Crippen LogP contribution is -2.66. The molecule has 3 saturated heterocycles. The van der Waals surface area contributed by atoms with Gasteiger partial charge in [-0.1, -0.05) is 0 Å². The monoisotopic (exact) mass is 475 g/mol. The number of rotatable bonds is 10. The maximum Gasteiger partial charge on any atom is 0.242 e. The number of ether oxygens (including phenoxy) is 3. The van der Waals surface area contributed by atoms with Crippen molar-refractivity contribution in [2.45, 2.75) is 61.7 Å². The molecule has 5 N–H and O–H groups in total. The molecule has 12 nitrogen and oxygen atoms in total. The van der Waals surface area contributed by atoms with Gasteiger partial charge < -0.3 is 35.5 Å². The zero-order chi connectivity index (χ0) is 23.6. The number of nitrogens with one attached hydrogen (secondary N) is 1. The first-order chi connectivity index (χ1) is 15.1. The summed E-state index contributed by atoms with van der Waals surface area (Å²) in [6.07, 6.45) is -3.59. The topological polar surface area (TPSA) is 178 Å². The molecule has 3 fully saturated rings. The highest BCUT2D eigenvalue weighted by molar-refractivity contribution is 8.00. The van der Waals surface area contributed by atoms with Crippen LogP contribution in [0.2, 0.25) is 0 Å². The van der Waals surface area contributed by atoms with Gasteiger partial charge in [-0.25, -0.2) is 0 Å². The third kappa shape index (κ3) is 5.14. The number of Topliss-reactive ketones (excluding diaryl/α,β-unsaturated/α-hetero) is 1. The second kappa shape index (κ2) is 10.1. The predicted octanol–water partition coefficient (Wildman–Crippen LogP) is -2.87. The van der Waals surface area contributed by atoms with E-state index in [-0.39, 0.29) is 56.1 Å². The van der Waals surface area contributed by atoms with Crippen molar-refractivity contribution in [2.24, 2.45) is 5.73 Å². The zero-order valence-electron chi connectivity index (χ0n) is 17.9. The summed E-state index contributed by atoms with van der Waals surface area (Å²) in [5.74, 6) is -1.02. The van der Waals surface area contributed by atoms with Gasteiger partial charge in [0.2, 0.25) is 17.7 Å². The average molecular weight is 476 g/mol. The van der Waals surface area contributed by atoms with Crippen LogP contribution in [-0.2, 0) is 33.4 Å². The Morgan fingerprint density at radius 1 is 1.38 bits per heavy atom. The van der Waals surface area contributed by atoms with E-state index in [1.165, 1.54) is 25.6 Å². The number of carbonyl (C=O) groups is 4. The van der Waals surface area contributed by atoms with Crippen molar-refractivity contribution < 1.29 is 43.6 Å². The van der Waals surface area contributed by atoms with Crippen LogP contribution in [0, 0.1) is 0 Å². The van der Waals surface area contributed by atoms with Gasteiger partial charge in [0.15, 0.2) is 6.29 Å². The van der Waals surface area contributed by atoms with Crippen molar-refractivity contribution in [1.82, 2.24) is 10.2 Å². The van der Waals surface area contributed by atoms with Crippen molar-refractivity contribution in [3.8, 4) is 0 Å². The number of likely N-dealkylation sites (tertiary alicyclic amines) is 1. The number of aliphatic hydroxyl groups excluding tert-OH is 2. The summed E-state index contributed by atoms with van der Waals surface area (Å²) in [5.41, 5.74) is 4.36. The van der Waals surface area contributed by atoms with E-state index in [4.69, 9.17) is 19.9 Å². The number of amides is 3. The van der Waals surface area contributed by atoms with Crippen LogP contribution >= 0.6 is 11.8 Å². The number of aliphatic hydroxyl groups is 2. The van der Waals surface area contributed by atoms with Gasteiger partial charge in [0, 0.05) is 19.1 Å². The minimum atomic E-state index is -1.38. The summed E-state index contributed by atoms with van der Waals surface area (Å²) in [6.45, 7) is 2.47. The van der Waals surface area contributed by atoms with Crippen molar-refractivity contribution in [3.63, 3.8) is 0 Å². The fourth-order valence-electron chi connectivity index (χ4n) is 3.83. The number of nitrogens with zero attached hydrogens (tertiary/aromatic N) is 1. The average Bonchev–Trinajstić information content (AvgIpc) is 3.25. The second-order valence-electron chi connectivity index (χ2n) is 8.20. The van der Waals surface area contributed by atoms with Gasteiger partial charge in [0.05, 0.1) is 37.7 Å². The normalized spacial score (nSPS) is 35.3. The highest BCUT2D eigenvalue weighted by Gasteiger charge is 2.59. The molecule has 7 atom stereocenters. The molecule has 2 bridgehead atoms. The molecule has 1 unspecified atom stereocenters. The molecule has 0 aliphatic carbocycles. The summed E-state index contributed by atoms with van der Waals surface area (Å²) in [7, 11) is 0. The number of nitrogens with two attached hydrogens (primary N) is 1. The Morgan fingerprint density at radius 2 is 2.09 bits per heavy atom. The molecular formula is C19H29N3O9S. The summed E-state index contributed by atoms with van der Waals surface area (Å²) >= 11 is 1.19. The molecule has 0 spiro atoms. The van der Waals surface area contributed by atoms with Crippen LogP contribution in [0.3, 0.4) is 0 Å². The molecule has 3 aliphatic rings. The van der Waals surface area contributed by atoms with Crippen molar-refractivity contribution in [3.05, 3.63) is 0 Å². The van der Waals surface area contributed by atoms with E-state index in [0.717, 1.165) is 4.90 Å². The molecule has 3 rings (SSSR count). The predicted molar refractivity (Wildman–Crippen MR) is 110 cm³/mol. The first kappa shape index (κ1) is 25.0. The number of ketones is 1. The van der Waals surface area contributed by atoms with Crippen LogP contribution in [0.15, 0.2) is 0 Å². The number of imide groups is 1. The molecule has 3 aliphatic heterocycles. The fourth-order valence-corrected chi connectivity index (χ4v) is 5.03. The molecule has 0 saturated carbocycles. The molecule has 0 radical (unpaired) electrons. The van der Waals surface area contributed by atoms with E-state index in [9.17, 15) is 29.4 Å². The van der Waals surface area contributed by atoms with Crippen LogP contribution < -0.4 is 11.1 Å². The molecular weight excluding hydrogens is 446 g/mol. The van der Waals surface area contributed by atoms with E-state index in [1.54, 1.807) is 0 Å². The summed E-state index contributed by atoms with van der Waals surface area (Å²) in [4.78, 5) is 48.3. The highest BCUT2D eigenvalue weighted by atomic mass is 32.2. The molecule has 3 amide bonds. The quantitative estimate of drug-likeness (QED) is 0.189. The third-order valence-electron chi connectivity index (χ3n) is 5.74. The molecule has 32 heavy (non-hydrogen) atoms. The molecule has 0 aromatic rings. The van der Waals surface area contributed by atoms with E-state index >= 15 is 0 Å². The Bertz CT molecular complexity index is 768. The van der Waals surface area contributed by atoms with Crippen LogP contribution in [0.5, 0.6) is 0 Å². The largest absolute Gasteiger partial charge is 0.388 e. The van der Waals surface area contributed by atoms with E-state index < -0.39 is 47.3 Å². The first-order valence-electron chi connectivity index (χ1n) is 10.3. The Hall–Kier alpha value is -1.61. The number of carbonyl (C=O) groups excluding carboxylic acids is 4. The summed E-state index contributed by atoms with van der Waals surface area (Å²) in [6, 6.07) is -1.59. The van der Waals surface area contributed by atoms with Gasteiger partial charge in [-0.2, -0.15) is 0 Å². The third-order valence-corrected chi connectivity index (χ3v) is 7.07. The van der Waals surface area contributed by atoms with E-state index in [1.807, 2.05) is 0 Å². The Kier molecular flexibility index (Phi) is 7.91. The van der Waals surface area contributed by atoms with Gasteiger partial charge in [-0.05, 0) is 6.92 Å². The lowest BCUT2D eigenvalue weighted by molar-refractivity contribution is -0.237. The van der Waals surface area contributed by atoms with Gasteiger partial charge in [-0.3, -0.25) is 24.1 Å². The lowest BCUT2D eigenvalue weighted by Gasteiger charge is -2.42. The van der Waals surface area contributed by atoms with E-state index in [0.29, 0.717) is 0 Å². The molecule has 0 aromatic carbocycles. The van der Waals surface area contributed by atoms with Crippen molar-refractivity contribution in [2.75, 3.05) is 32.1 Å². The van der Waals surface area contributed by atoms with Gasteiger partial charge in [0.25, 0.3) is 0 Å². The Morgan fingerprint density at radius 3 is 2.75 bits per heavy atom. The maximum absolute atomic E-state index is 12.5. The second-order valence-corrected chi connectivity index (χ2v) is 9.44. The molecule has 0 aromatic heterocycles. The summed E-state index contributed by atoms with van der Waals surface area (Å²) in [5, 5.41) is 22.8. The van der Waals surface area contributed by atoms with Crippen LogP contribution in [0.1, 0.15) is 20.3 Å². The SMILES string of the molecule is CC(=O)N[C@@H]1[C@H]2OC[C@](COCCN3C(=O)CC(SC[C@H](N)C(C)=O)C3=O)(O2)[C@H](O)[C@@H]1O. The minimum absolute atomic E-state index is 0.00442. The summed E-state index contributed by atoms with van der Waals surface area (Å²) < 4.78 is 16.8. The van der Waals surface area contributed by atoms with Gasteiger partial charge >= 0.3 is 0 Å².